The fourth-order valence-electron chi connectivity index (χ4n) is 2.99. The number of aliphatic hydroxyl groups excluding tert-OH is 1. The Morgan fingerprint density at radius 2 is 2.00 bits per heavy atom. The van der Waals surface area contributed by atoms with Gasteiger partial charge in [0.15, 0.2) is 0 Å². The monoisotopic (exact) mass is 270 g/mol. The number of likely N-dealkylation sites (tertiary alicyclic amines) is 1. The highest BCUT2D eigenvalue weighted by Gasteiger charge is 2.27. The van der Waals surface area contributed by atoms with Crippen LogP contribution in [0.5, 0.6) is 0 Å². The smallest absolute Gasteiger partial charge is 0.0431 e. The summed E-state index contributed by atoms with van der Waals surface area (Å²) in [5.74, 6) is 0.755. The summed E-state index contributed by atoms with van der Waals surface area (Å²) in [5.41, 5.74) is 0.355. The van der Waals surface area contributed by atoms with Crippen molar-refractivity contribution in [2.24, 2.45) is 11.3 Å². The van der Waals surface area contributed by atoms with Crippen molar-refractivity contribution in [1.29, 1.82) is 0 Å². The molecule has 1 rings (SSSR count). The lowest BCUT2D eigenvalue weighted by molar-refractivity contribution is 0.125. The molecule has 0 aromatic rings. The van der Waals surface area contributed by atoms with E-state index in [1.54, 1.807) is 0 Å². The molecule has 2 unspecified atom stereocenters. The third kappa shape index (κ3) is 7.28. The van der Waals surface area contributed by atoms with Gasteiger partial charge in [-0.3, -0.25) is 0 Å². The van der Waals surface area contributed by atoms with Gasteiger partial charge in [0.05, 0.1) is 0 Å². The van der Waals surface area contributed by atoms with Crippen molar-refractivity contribution in [3.63, 3.8) is 0 Å². The number of nitrogens with zero attached hydrogens (tertiary/aromatic N) is 1. The first-order chi connectivity index (χ1) is 8.94. The Kier molecular flexibility index (Phi) is 7.33. The summed E-state index contributed by atoms with van der Waals surface area (Å²) < 4.78 is 0. The summed E-state index contributed by atoms with van der Waals surface area (Å²) >= 11 is 0. The van der Waals surface area contributed by atoms with Gasteiger partial charge in [0.1, 0.15) is 0 Å². The molecule has 0 amide bonds. The molecule has 3 heteroatoms. The number of piperidine rings is 1. The van der Waals surface area contributed by atoms with Crippen LogP contribution in [0.15, 0.2) is 0 Å². The van der Waals surface area contributed by atoms with Gasteiger partial charge in [0.2, 0.25) is 0 Å². The Morgan fingerprint density at radius 1 is 1.26 bits per heavy atom. The molecule has 0 saturated carbocycles. The lowest BCUT2D eigenvalue weighted by atomic mass is 9.89. The normalized spacial score (nSPS) is 25.7. The van der Waals surface area contributed by atoms with Gasteiger partial charge in [0, 0.05) is 32.3 Å². The minimum atomic E-state index is 0.338. The van der Waals surface area contributed by atoms with Gasteiger partial charge < -0.3 is 15.3 Å². The Bertz CT molecular complexity index is 237. The maximum atomic E-state index is 9.01. The van der Waals surface area contributed by atoms with E-state index in [4.69, 9.17) is 5.11 Å². The number of nitrogens with one attached hydrogen (secondary N) is 1. The molecule has 3 nitrogen and oxygen atoms in total. The van der Waals surface area contributed by atoms with Gasteiger partial charge in [0.25, 0.3) is 0 Å². The van der Waals surface area contributed by atoms with Crippen LogP contribution in [-0.2, 0) is 0 Å². The van der Waals surface area contributed by atoms with E-state index in [1.165, 1.54) is 38.9 Å². The van der Waals surface area contributed by atoms with E-state index < -0.39 is 0 Å². The molecule has 0 aliphatic carbocycles. The molecule has 114 valence electrons. The molecule has 0 bridgehead atoms. The van der Waals surface area contributed by atoms with Gasteiger partial charge in [-0.05, 0) is 43.6 Å². The van der Waals surface area contributed by atoms with Crippen LogP contribution in [0.25, 0.3) is 0 Å². The van der Waals surface area contributed by atoms with Crippen LogP contribution in [-0.4, -0.2) is 48.8 Å². The third-order valence-corrected chi connectivity index (χ3v) is 3.84. The molecule has 2 N–H and O–H groups in total. The highest BCUT2D eigenvalue weighted by atomic mass is 16.2. The zero-order chi connectivity index (χ0) is 14.3. The zero-order valence-electron chi connectivity index (χ0n) is 13.4. The first-order valence-corrected chi connectivity index (χ1v) is 8.01. The van der Waals surface area contributed by atoms with Gasteiger partial charge in [-0.1, -0.05) is 27.7 Å². The van der Waals surface area contributed by atoms with Crippen molar-refractivity contribution in [1.82, 2.24) is 10.2 Å². The SMILES string of the molecule is CCCN1CC(CCCO)CC(NCC(C)(C)C)C1. The van der Waals surface area contributed by atoms with Gasteiger partial charge in [-0.25, -0.2) is 0 Å². The van der Waals surface area contributed by atoms with Crippen LogP contribution in [0, 0.1) is 11.3 Å². The molecule has 19 heavy (non-hydrogen) atoms. The Labute approximate surface area is 119 Å². The van der Waals surface area contributed by atoms with Crippen LogP contribution < -0.4 is 5.32 Å². The van der Waals surface area contributed by atoms with E-state index in [-0.39, 0.29) is 0 Å². The van der Waals surface area contributed by atoms with E-state index in [2.05, 4.69) is 37.9 Å². The Hall–Kier alpha value is -0.120. The Balaban J connectivity index is 2.44. The standard InChI is InChI=1S/C16H34N2O/c1-5-8-18-11-14(7-6-9-19)10-15(12-18)17-13-16(2,3)4/h14-15,17,19H,5-13H2,1-4H3. The first-order valence-electron chi connectivity index (χ1n) is 8.01. The highest BCUT2D eigenvalue weighted by molar-refractivity contribution is 4.84. The predicted molar refractivity (Wildman–Crippen MR) is 82.4 cm³/mol. The molecule has 0 aromatic carbocycles. The van der Waals surface area contributed by atoms with E-state index in [0.29, 0.717) is 18.1 Å². The van der Waals surface area contributed by atoms with E-state index in [9.17, 15) is 0 Å². The number of hydrogen-bond acceptors (Lipinski definition) is 3. The molecular formula is C16H34N2O. The molecular weight excluding hydrogens is 236 g/mol. The lowest BCUT2D eigenvalue weighted by Gasteiger charge is -2.39. The molecule has 1 aliphatic heterocycles. The van der Waals surface area contributed by atoms with E-state index in [0.717, 1.165) is 18.9 Å². The van der Waals surface area contributed by atoms with Gasteiger partial charge >= 0.3 is 0 Å². The van der Waals surface area contributed by atoms with Crippen LogP contribution in [0.3, 0.4) is 0 Å². The molecule has 0 spiro atoms. The molecule has 1 heterocycles. The quantitative estimate of drug-likeness (QED) is 0.746. The first kappa shape index (κ1) is 16.9. The summed E-state index contributed by atoms with van der Waals surface area (Å²) in [6.07, 6.45) is 4.63. The van der Waals surface area contributed by atoms with Gasteiger partial charge in [-0.2, -0.15) is 0 Å². The average Bonchev–Trinajstić information content (AvgIpc) is 2.33. The van der Waals surface area contributed by atoms with Crippen LogP contribution >= 0.6 is 0 Å². The van der Waals surface area contributed by atoms with Crippen molar-refractivity contribution in [3.8, 4) is 0 Å². The van der Waals surface area contributed by atoms with Gasteiger partial charge in [-0.15, -0.1) is 0 Å². The second-order valence-electron chi connectivity index (χ2n) is 7.37. The maximum Gasteiger partial charge on any atom is 0.0431 e. The van der Waals surface area contributed by atoms with Crippen molar-refractivity contribution < 1.29 is 5.11 Å². The summed E-state index contributed by atoms with van der Waals surface area (Å²) in [6, 6.07) is 0.628. The summed E-state index contributed by atoms with van der Waals surface area (Å²) in [7, 11) is 0. The predicted octanol–water partition coefficient (Wildman–Crippen LogP) is 2.50. The number of aliphatic hydroxyl groups is 1. The van der Waals surface area contributed by atoms with Crippen LogP contribution in [0.1, 0.15) is 53.4 Å². The topological polar surface area (TPSA) is 35.5 Å². The maximum absolute atomic E-state index is 9.01. The van der Waals surface area contributed by atoms with E-state index in [1.807, 2.05) is 0 Å². The summed E-state index contributed by atoms with van der Waals surface area (Å²) in [5, 5.41) is 12.8. The second kappa shape index (κ2) is 8.23. The average molecular weight is 270 g/mol. The zero-order valence-corrected chi connectivity index (χ0v) is 13.4. The summed E-state index contributed by atoms with van der Waals surface area (Å²) in [6.45, 7) is 14.2. The third-order valence-electron chi connectivity index (χ3n) is 3.84. The molecule has 1 aliphatic rings. The molecule has 2 atom stereocenters. The van der Waals surface area contributed by atoms with Crippen molar-refractivity contribution in [2.45, 2.75) is 59.4 Å². The second-order valence-corrected chi connectivity index (χ2v) is 7.37. The minimum Gasteiger partial charge on any atom is -0.396 e. The fourth-order valence-corrected chi connectivity index (χ4v) is 2.99. The molecule has 1 saturated heterocycles. The lowest BCUT2D eigenvalue weighted by Crippen LogP contribution is -2.50. The van der Waals surface area contributed by atoms with Crippen LogP contribution in [0.2, 0.25) is 0 Å². The van der Waals surface area contributed by atoms with Crippen molar-refractivity contribution >= 4 is 0 Å². The minimum absolute atomic E-state index is 0.338. The Morgan fingerprint density at radius 3 is 2.58 bits per heavy atom. The fraction of sp³-hybridized carbons (Fsp3) is 1.00. The number of rotatable bonds is 7. The molecule has 0 radical (unpaired) electrons. The number of hydrogen-bond donors (Lipinski definition) is 2. The van der Waals surface area contributed by atoms with Crippen molar-refractivity contribution in [3.05, 3.63) is 0 Å². The molecule has 1 fully saturated rings. The largest absolute Gasteiger partial charge is 0.396 e. The molecule has 0 aromatic heterocycles. The summed E-state index contributed by atoms with van der Waals surface area (Å²) in [4.78, 5) is 2.60. The highest BCUT2D eigenvalue weighted by Crippen LogP contribution is 2.22. The van der Waals surface area contributed by atoms with E-state index >= 15 is 0 Å². The van der Waals surface area contributed by atoms with Crippen molar-refractivity contribution in [2.75, 3.05) is 32.8 Å². The van der Waals surface area contributed by atoms with Crippen LogP contribution in [0.4, 0.5) is 0 Å².